The third-order valence-corrected chi connectivity index (χ3v) is 4.57. The largest absolute Gasteiger partial charge is 0.323 e. The maximum Gasteiger partial charge on any atom is 0.234 e. The fourth-order valence-corrected chi connectivity index (χ4v) is 3.29. The van der Waals surface area contributed by atoms with Crippen molar-refractivity contribution in [3.05, 3.63) is 29.0 Å². The smallest absolute Gasteiger partial charge is 0.234 e. The summed E-state index contributed by atoms with van der Waals surface area (Å²) in [5.74, 6) is 0.423. The van der Waals surface area contributed by atoms with Crippen molar-refractivity contribution in [2.45, 2.75) is 0 Å². The molecule has 1 aromatic rings. The summed E-state index contributed by atoms with van der Waals surface area (Å²) < 4.78 is 14.3. The van der Waals surface area contributed by atoms with Crippen LogP contribution in [0.15, 0.2) is 23.2 Å². The first-order valence-corrected chi connectivity index (χ1v) is 7.55. The van der Waals surface area contributed by atoms with Crippen LogP contribution in [0, 0.1) is 5.82 Å². The van der Waals surface area contributed by atoms with Gasteiger partial charge in [-0.2, -0.15) is 0 Å². The summed E-state index contributed by atoms with van der Waals surface area (Å²) >= 11 is 8.74. The SMILES string of the molecule is O=C(CSC1=NCCS1)Nc1cc(Cl)ccc1F. The number of anilines is 1. The molecule has 0 spiro atoms. The Labute approximate surface area is 118 Å². The number of carbonyl (C=O) groups is 1. The van der Waals surface area contributed by atoms with Crippen LogP contribution in [0.5, 0.6) is 0 Å². The van der Waals surface area contributed by atoms with E-state index in [0.717, 1.165) is 16.7 Å². The highest BCUT2D eigenvalue weighted by molar-refractivity contribution is 8.39. The first-order chi connectivity index (χ1) is 8.65. The topological polar surface area (TPSA) is 41.5 Å². The Morgan fingerprint density at radius 1 is 1.61 bits per heavy atom. The van der Waals surface area contributed by atoms with E-state index in [9.17, 15) is 9.18 Å². The van der Waals surface area contributed by atoms with Gasteiger partial charge in [0.1, 0.15) is 10.2 Å². The van der Waals surface area contributed by atoms with Crippen LogP contribution in [0.1, 0.15) is 0 Å². The second kappa shape index (κ2) is 6.45. The number of amides is 1. The monoisotopic (exact) mass is 304 g/mol. The van der Waals surface area contributed by atoms with Gasteiger partial charge in [-0.1, -0.05) is 35.1 Å². The number of hydrogen-bond donors (Lipinski definition) is 1. The summed E-state index contributed by atoms with van der Waals surface area (Å²) in [7, 11) is 0. The molecular formula is C11H10ClFN2OS2. The van der Waals surface area contributed by atoms with Crippen molar-refractivity contribution in [3.63, 3.8) is 0 Å². The zero-order valence-corrected chi connectivity index (χ0v) is 11.7. The molecule has 2 rings (SSSR count). The molecule has 1 N–H and O–H groups in total. The van der Waals surface area contributed by atoms with Crippen molar-refractivity contribution in [3.8, 4) is 0 Å². The van der Waals surface area contributed by atoms with Gasteiger partial charge in [0.05, 0.1) is 18.0 Å². The highest BCUT2D eigenvalue weighted by Crippen LogP contribution is 2.23. The van der Waals surface area contributed by atoms with Gasteiger partial charge in [-0.15, -0.1) is 0 Å². The Kier molecular flexibility index (Phi) is 4.91. The van der Waals surface area contributed by atoms with E-state index in [2.05, 4.69) is 10.3 Å². The lowest BCUT2D eigenvalue weighted by Gasteiger charge is -2.06. The predicted molar refractivity (Wildman–Crippen MR) is 77.3 cm³/mol. The summed E-state index contributed by atoms with van der Waals surface area (Å²) in [5, 5.41) is 2.88. The van der Waals surface area contributed by atoms with E-state index in [0.29, 0.717) is 5.02 Å². The molecule has 0 atom stereocenters. The van der Waals surface area contributed by atoms with Crippen molar-refractivity contribution in [1.29, 1.82) is 0 Å². The average molecular weight is 305 g/mol. The minimum Gasteiger partial charge on any atom is -0.323 e. The number of carbonyl (C=O) groups excluding carboxylic acids is 1. The van der Waals surface area contributed by atoms with Crippen molar-refractivity contribution in [2.75, 3.05) is 23.4 Å². The van der Waals surface area contributed by atoms with Crippen LogP contribution in [0.3, 0.4) is 0 Å². The lowest BCUT2D eigenvalue weighted by molar-refractivity contribution is -0.113. The molecule has 0 bridgehead atoms. The molecule has 1 aliphatic rings. The van der Waals surface area contributed by atoms with Crippen LogP contribution in [-0.2, 0) is 4.79 Å². The predicted octanol–water partition coefficient (Wildman–Crippen LogP) is 3.25. The maximum atomic E-state index is 13.4. The standard InChI is InChI=1S/C11H10ClFN2OS2/c12-7-1-2-8(13)9(5-7)15-10(16)6-18-11-14-3-4-17-11/h1-2,5H,3-4,6H2,(H,15,16). The van der Waals surface area contributed by atoms with E-state index in [1.807, 2.05) is 0 Å². The number of aliphatic imine (C=N–C) groups is 1. The van der Waals surface area contributed by atoms with Crippen molar-refractivity contribution >= 4 is 51.1 Å². The molecule has 0 saturated heterocycles. The first kappa shape index (κ1) is 13.7. The van der Waals surface area contributed by atoms with Gasteiger partial charge in [0, 0.05) is 10.8 Å². The molecular weight excluding hydrogens is 295 g/mol. The second-order valence-corrected chi connectivity index (χ2v) is 6.20. The number of nitrogens with zero attached hydrogens (tertiary/aromatic N) is 1. The van der Waals surface area contributed by atoms with Gasteiger partial charge in [-0.05, 0) is 18.2 Å². The van der Waals surface area contributed by atoms with E-state index >= 15 is 0 Å². The van der Waals surface area contributed by atoms with Crippen molar-refractivity contribution in [1.82, 2.24) is 0 Å². The molecule has 0 fully saturated rings. The third-order valence-electron chi connectivity index (χ3n) is 2.09. The molecule has 1 heterocycles. The molecule has 1 amide bonds. The Hall–Kier alpha value is -0.720. The van der Waals surface area contributed by atoms with Crippen molar-refractivity contribution in [2.24, 2.45) is 4.99 Å². The third kappa shape index (κ3) is 3.90. The van der Waals surface area contributed by atoms with Gasteiger partial charge in [-0.3, -0.25) is 9.79 Å². The zero-order valence-electron chi connectivity index (χ0n) is 9.28. The summed E-state index contributed by atoms with van der Waals surface area (Å²) in [6.07, 6.45) is 0. The summed E-state index contributed by atoms with van der Waals surface area (Å²) in [5.41, 5.74) is 0.106. The Morgan fingerprint density at radius 2 is 2.44 bits per heavy atom. The molecule has 0 unspecified atom stereocenters. The number of halogens is 2. The molecule has 0 radical (unpaired) electrons. The molecule has 0 aromatic heterocycles. The van der Waals surface area contributed by atoms with Crippen molar-refractivity contribution < 1.29 is 9.18 Å². The van der Waals surface area contributed by atoms with E-state index in [-0.39, 0.29) is 17.3 Å². The van der Waals surface area contributed by atoms with Gasteiger partial charge >= 0.3 is 0 Å². The number of rotatable bonds is 3. The van der Waals surface area contributed by atoms with Gasteiger partial charge in [0.15, 0.2) is 0 Å². The van der Waals surface area contributed by atoms with Crippen LogP contribution in [0.25, 0.3) is 0 Å². The molecule has 1 aromatic carbocycles. The number of thioether (sulfide) groups is 2. The highest BCUT2D eigenvalue weighted by Gasteiger charge is 2.12. The van der Waals surface area contributed by atoms with E-state index in [4.69, 9.17) is 11.6 Å². The van der Waals surface area contributed by atoms with E-state index in [1.54, 1.807) is 11.8 Å². The molecule has 0 aliphatic carbocycles. The van der Waals surface area contributed by atoms with Gasteiger partial charge in [-0.25, -0.2) is 4.39 Å². The Bertz CT molecular complexity index is 496. The fraction of sp³-hybridized carbons (Fsp3) is 0.273. The van der Waals surface area contributed by atoms with Gasteiger partial charge < -0.3 is 5.32 Å². The minimum atomic E-state index is -0.495. The fourth-order valence-electron chi connectivity index (χ4n) is 1.31. The Balaban J connectivity index is 1.88. The van der Waals surface area contributed by atoms with Crippen LogP contribution in [0.4, 0.5) is 10.1 Å². The maximum absolute atomic E-state index is 13.4. The van der Waals surface area contributed by atoms with Crippen LogP contribution < -0.4 is 5.32 Å². The van der Waals surface area contributed by atoms with E-state index < -0.39 is 5.82 Å². The second-order valence-electron chi connectivity index (χ2n) is 3.46. The van der Waals surface area contributed by atoms with Crippen LogP contribution in [-0.4, -0.2) is 28.3 Å². The molecule has 96 valence electrons. The summed E-state index contributed by atoms with van der Waals surface area (Å²) in [4.78, 5) is 15.8. The quantitative estimate of drug-likeness (QED) is 0.932. The molecule has 3 nitrogen and oxygen atoms in total. The Morgan fingerprint density at radius 3 is 3.17 bits per heavy atom. The van der Waals surface area contributed by atoms with Gasteiger partial charge in [0.25, 0.3) is 0 Å². The lowest BCUT2D eigenvalue weighted by atomic mass is 10.3. The molecule has 1 aliphatic heterocycles. The lowest BCUT2D eigenvalue weighted by Crippen LogP contribution is -2.15. The summed E-state index contributed by atoms with van der Waals surface area (Å²) in [6.45, 7) is 0.803. The molecule has 18 heavy (non-hydrogen) atoms. The number of nitrogens with one attached hydrogen (secondary N) is 1. The number of hydrogen-bond acceptors (Lipinski definition) is 4. The minimum absolute atomic E-state index is 0.106. The zero-order chi connectivity index (χ0) is 13.0. The van der Waals surface area contributed by atoms with Crippen LogP contribution >= 0.6 is 35.1 Å². The molecule has 7 heteroatoms. The number of benzene rings is 1. The highest BCUT2D eigenvalue weighted by atomic mass is 35.5. The first-order valence-electron chi connectivity index (χ1n) is 5.20. The van der Waals surface area contributed by atoms with Gasteiger partial charge in [0.2, 0.25) is 5.91 Å². The summed E-state index contributed by atoms with van der Waals surface area (Å²) in [6, 6.07) is 4.05. The average Bonchev–Trinajstić information content (AvgIpc) is 2.84. The normalized spacial score (nSPS) is 14.4. The molecule has 0 saturated carbocycles. The van der Waals surface area contributed by atoms with E-state index in [1.165, 1.54) is 30.0 Å². The van der Waals surface area contributed by atoms with Crippen LogP contribution in [0.2, 0.25) is 5.02 Å².